The Morgan fingerprint density at radius 3 is 2.43 bits per heavy atom. The smallest absolute Gasteiger partial charge is 0.267 e. The van der Waals surface area contributed by atoms with Gasteiger partial charge in [0.1, 0.15) is 0 Å². The molecule has 1 amide bonds. The van der Waals surface area contributed by atoms with Crippen LogP contribution in [0.5, 0.6) is 0 Å². The van der Waals surface area contributed by atoms with E-state index in [1.165, 1.54) is 7.05 Å². The Morgan fingerprint density at radius 1 is 0.964 bits per heavy atom. The summed E-state index contributed by atoms with van der Waals surface area (Å²) in [5.74, 6) is -0.466. The van der Waals surface area contributed by atoms with Gasteiger partial charge in [-0.15, -0.1) is 0 Å². The molecular weight excluding hydrogens is 352 g/mol. The minimum absolute atomic E-state index is 0.160. The summed E-state index contributed by atoms with van der Waals surface area (Å²) >= 11 is 0. The molecule has 1 N–H and O–H groups in total. The number of fused-ring (bicyclic) bond motifs is 2. The highest BCUT2D eigenvalue weighted by Crippen LogP contribution is 2.16. The quantitative estimate of drug-likeness (QED) is 0.444. The number of carbonyl (C=O) groups is 1. The van der Waals surface area contributed by atoms with Crippen molar-refractivity contribution in [2.45, 2.75) is 6.92 Å². The summed E-state index contributed by atoms with van der Waals surface area (Å²) in [5, 5.41) is 11.5. The lowest BCUT2D eigenvalue weighted by atomic mass is 10.0. The van der Waals surface area contributed by atoms with Gasteiger partial charge in [0.2, 0.25) is 0 Å². The number of hydrazone groups is 1. The molecule has 6 heteroatoms. The molecule has 0 aliphatic heterocycles. The van der Waals surface area contributed by atoms with Crippen LogP contribution in [-0.2, 0) is 7.05 Å². The van der Waals surface area contributed by atoms with Gasteiger partial charge in [-0.05, 0) is 35.4 Å². The molecule has 1 heterocycles. The van der Waals surface area contributed by atoms with Gasteiger partial charge in [-0.2, -0.15) is 10.2 Å². The molecule has 1 aromatic heterocycles. The fourth-order valence-corrected chi connectivity index (χ4v) is 3.13. The number of hydrogen-bond donors (Lipinski definition) is 1. The van der Waals surface area contributed by atoms with Gasteiger partial charge < -0.3 is 0 Å². The molecule has 28 heavy (non-hydrogen) atoms. The number of rotatable bonds is 3. The first-order valence-corrected chi connectivity index (χ1v) is 8.84. The largest absolute Gasteiger partial charge is 0.292 e. The van der Waals surface area contributed by atoms with Gasteiger partial charge in [-0.1, -0.05) is 54.6 Å². The second-order valence-corrected chi connectivity index (χ2v) is 6.52. The number of aryl methyl sites for hydroxylation is 1. The van der Waals surface area contributed by atoms with Crippen LogP contribution < -0.4 is 11.0 Å². The second kappa shape index (κ2) is 7.08. The predicted octanol–water partition coefficient (Wildman–Crippen LogP) is 3.24. The van der Waals surface area contributed by atoms with E-state index in [4.69, 9.17) is 0 Å². The number of aromatic nitrogens is 2. The van der Waals surface area contributed by atoms with Crippen molar-refractivity contribution in [1.82, 2.24) is 15.2 Å². The van der Waals surface area contributed by atoms with E-state index in [9.17, 15) is 9.59 Å². The standard InChI is InChI=1S/C22H18N4O2/c1-14(16-12-11-15-7-3-4-8-17(15)13-16)23-24-21(27)20-18-9-5-6-10-19(18)22(28)26(2)25-20/h3-13H,1-2H3,(H,24,27)/b23-14-. The van der Waals surface area contributed by atoms with E-state index in [0.717, 1.165) is 21.0 Å². The van der Waals surface area contributed by atoms with Crippen LogP contribution in [0.1, 0.15) is 23.0 Å². The summed E-state index contributed by atoms with van der Waals surface area (Å²) in [6, 6.07) is 21.0. The number of nitrogens with zero attached hydrogens (tertiary/aromatic N) is 3. The molecule has 0 unspecified atom stereocenters. The third kappa shape index (κ3) is 3.16. The average Bonchev–Trinajstić information content (AvgIpc) is 2.74. The monoisotopic (exact) mass is 370 g/mol. The number of nitrogens with one attached hydrogen (secondary N) is 1. The second-order valence-electron chi connectivity index (χ2n) is 6.52. The summed E-state index contributed by atoms with van der Waals surface area (Å²) in [6.45, 7) is 1.83. The normalized spacial score (nSPS) is 11.7. The SMILES string of the molecule is C/C(=N/NC(=O)c1nn(C)c(=O)c2ccccc12)c1ccc2ccccc2c1. The van der Waals surface area contributed by atoms with Crippen molar-refractivity contribution < 1.29 is 4.79 Å². The number of carbonyl (C=O) groups excluding carboxylic acids is 1. The van der Waals surface area contributed by atoms with Crippen molar-refractivity contribution in [3.63, 3.8) is 0 Å². The van der Waals surface area contributed by atoms with E-state index in [-0.39, 0.29) is 11.3 Å². The molecule has 0 radical (unpaired) electrons. The highest BCUT2D eigenvalue weighted by atomic mass is 16.2. The van der Waals surface area contributed by atoms with Crippen molar-refractivity contribution in [3.05, 3.63) is 88.3 Å². The summed E-state index contributed by atoms with van der Waals surface area (Å²) in [6.07, 6.45) is 0. The summed E-state index contributed by atoms with van der Waals surface area (Å²) in [4.78, 5) is 24.9. The van der Waals surface area contributed by atoms with E-state index in [1.54, 1.807) is 24.3 Å². The number of hydrogen-bond acceptors (Lipinski definition) is 4. The van der Waals surface area contributed by atoms with Crippen LogP contribution in [0.25, 0.3) is 21.5 Å². The summed E-state index contributed by atoms with van der Waals surface area (Å²) in [5.41, 5.74) is 4.06. The highest BCUT2D eigenvalue weighted by molar-refractivity contribution is 6.06. The number of benzene rings is 3. The molecule has 4 aromatic rings. The maximum Gasteiger partial charge on any atom is 0.292 e. The maximum atomic E-state index is 12.7. The van der Waals surface area contributed by atoms with Gasteiger partial charge in [0, 0.05) is 12.4 Å². The Morgan fingerprint density at radius 2 is 1.64 bits per heavy atom. The Hall–Kier alpha value is -3.80. The lowest BCUT2D eigenvalue weighted by Crippen LogP contribution is -2.27. The van der Waals surface area contributed by atoms with E-state index in [0.29, 0.717) is 16.5 Å². The van der Waals surface area contributed by atoms with Gasteiger partial charge in [-0.3, -0.25) is 9.59 Å². The van der Waals surface area contributed by atoms with E-state index >= 15 is 0 Å². The van der Waals surface area contributed by atoms with E-state index < -0.39 is 5.91 Å². The molecule has 0 saturated carbocycles. The molecule has 0 aliphatic carbocycles. The Balaban J connectivity index is 1.66. The van der Waals surface area contributed by atoms with Crippen LogP contribution in [0.3, 0.4) is 0 Å². The zero-order valence-electron chi connectivity index (χ0n) is 15.5. The first-order valence-electron chi connectivity index (χ1n) is 8.84. The van der Waals surface area contributed by atoms with Crippen molar-refractivity contribution >= 4 is 33.2 Å². The van der Waals surface area contributed by atoms with Crippen LogP contribution in [0.15, 0.2) is 76.6 Å². The molecule has 138 valence electrons. The lowest BCUT2D eigenvalue weighted by Gasteiger charge is -2.08. The highest BCUT2D eigenvalue weighted by Gasteiger charge is 2.15. The van der Waals surface area contributed by atoms with Crippen molar-refractivity contribution in [1.29, 1.82) is 0 Å². The molecule has 4 rings (SSSR count). The minimum Gasteiger partial charge on any atom is -0.267 e. The summed E-state index contributed by atoms with van der Waals surface area (Å²) in [7, 11) is 1.52. The average molecular weight is 370 g/mol. The Labute approximate surface area is 161 Å². The third-order valence-corrected chi connectivity index (χ3v) is 4.66. The predicted molar refractivity (Wildman–Crippen MR) is 111 cm³/mol. The van der Waals surface area contributed by atoms with Gasteiger partial charge in [0.15, 0.2) is 5.69 Å². The van der Waals surface area contributed by atoms with Gasteiger partial charge in [0.25, 0.3) is 11.5 Å². The molecule has 0 spiro atoms. The van der Waals surface area contributed by atoms with E-state index in [2.05, 4.69) is 15.6 Å². The zero-order chi connectivity index (χ0) is 19.7. The zero-order valence-corrected chi connectivity index (χ0v) is 15.5. The van der Waals surface area contributed by atoms with E-state index in [1.807, 2.05) is 49.4 Å². The molecule has 6 nitrogen and oxygen atoms in total. The molecule has 3 aromatic carbocycles. The van der Waals surface area contributed by atoms with Gasteiger partial charge in [-0.25, -0.2) is 10.1 Å². The lowest BCUT2D eigenvalue weighted by molar-refractivity contribution is 0.0949. The van der Waals surface area contributed by atoms with Crippen LogP contribution in [-0.4, -0.2) is 21.4 Å². The van der Waals surface area contributed by atoms with Gasteiger partial charge in [0.05, 0.1) is 11.1 Å². The van der Waals surface area contributed by atoms with Crippen molar-refractivity contribution in [2.75, 3.05) is 0 Å². The topological polar surface area (TPSA) is 76.3 Å². The molecular formula is C22H18N4O2. The first-order chi connectivity index (χ1) is 13.5. The Bertz CT molecular complexity index is 1300. The fourth-order valence-electron chi connectivity index (χ4n) is 3.13. The number of amides is 1. The maximum absolute atomic E-state index is 12.7. The third-order valence-electron chi connectivity index (χ3n) is 4.66. The molecule has 0 bridgehead atoms. The van der Waals surface area contributed by atoms with Crippen LogP contribution >= 0.6 is 0 Å². The molecule has 0 aliphatic rings. The summed E-state index contributed by atoms with van der Waals surface area (Å²) < 4.78 is 1.16. The van der Waals surface area contributed by atoms with Crippen LogP contribution in [0, 0.1) is 0 Å². The van der Waals surface area contributed by atoms with Crippen molar-refractivity contribution in [3.8, 4) is 0 Å². The molecule has 0 fully saturated rings. The molecule has 0 saturated heterocycles. The van der Waals surface area contributed by atoms with Gasteiger partial charge >= 0.3 is 0 Å². The Kier molecular flexibility index (Phi) is 4.45. The van der Waals surface area contributed by atoms with Crippen LogP contribution in [0.2, 0.25) is 0 Å². The fraction of sp³-hybridized carbons (Fsp3) is 0.0909. The van der Waals surface area contributed by atoms with Crippen molar-refractivity contribution in [2.24, 2.45) is 12.1 Å². The first kappa shape index (κ1) is 17.6. The minimum atomic E-state index is -0.466. The van der Waals surface area contributed by atoms with Crippen LogP contribution in [0.4, 0.5) is 0 Å². The molecule has 0 atom stereocenters.